The van der Waals surface area contributed by atoms with Gasteiger partial charge in [0.25, 0.3) is 5.91 Å². The molecule has 4 rings (SSSR count). The van der Waals surface area contributed by atoms with Crippen molar-refractivity contribution >= 4 is 17.7 Å². The molecule has 3 aromatic carbocycles. The van der Waals surface area contributed by atoms with Crippen molar-refractivity contribution in [3.8, 4) is 11.5 Å². The minimum atomic E-state index is -0.148. The summed E-state index contributed by atoms with van der Waals surface area (Å²) in [5, 5.41) is 3.11. The van der Waals surface area contributed by atoms with Crippen LogP contribution in [0.4, 0.5) is 0 Å². The van der Waals surface area contributed by atoms with Gasteiger partial charge in [0.05, 0.1) is 11.6 Å². The largest absolute Gasteiger partial charge is 0.486 e. The molecule has 5 heteroatoms. The summed E-state index contributed by atoms with van der Waals surface area (Å²) < 4.78 is 11.2. The molecule has 0 aliphatic carbocycles. The smallest absolute Gasteiger partial charge is 0.252 e. The van der Waals surface area contributed by atoms with Crippen molar-refractivity contribution in [2.75, 3.05) is 13.2 Å². The third kappa shape index (κ3) is 4.74. The van der Waals surface area contributed by atoms with E-state index in [1.165, 1.54) is 5.56 Å². The molecule has 4 nitrogen and oxygen atoms in total. The number of carbonyl (C=O) groups excluding carboxylic acids is 1. The lowest BCUT2D eigenvalue weighted by Crippen LogP contribution is -2.27. The molecule has 1 heterocycles. The van der Waals surface area contributed by atoms with E-state index in [2.05, 4.69) is 17.4 Å². The van der Waals surface area contributed by atoms with Crippen LogP contribution in [-0.2, 0) is 5.75 Å². The van der Waals surface area contributed by atoms with E-state index in [1.54, 1.807) is 11.8 Å². The molecule has 1 N–H and O–H groups in total. The number of thioether (sulfide) groups is 1. The number of hydrogen-bond acceptors (Lipinski definition) is 4. The molecule has 29 heavy (non-hydrogen) atoms. The first-order valence-corrected chi connectivity index (χ1v) is 10.7. The molecule has 0 fully saturated rings. The maximum absolute atomic E-state index is 13.0. The maximum Gasteiger partial charge on any atom is 0.252 e. The fraction of sp³-hybridized carbons (Fsp3) is 0.208. The SMILES string of the molecule is CC(NC(=O)c1ccccc1SCc1ccccc1)c1ccc2c(c1)OCCO2. The zero-order chi connectivity index (χ0) is 20.1. The molecule has 0 saturated carbocycles. The topological polar surface area (TPSA) is 47.6 Å². The van der Waals surface area contributed by atoms with E-state index in [1.807, 2.05) is 67.6 Å². The first-order valence-electron chi connectivity index (χ1n) is 9.67. The van der Waals surface area contributed by atoms with Gasteiger partial charge in [-0.05, 0) is 42.3 Å². The van der Waals surface area contributed by atoms with Crippen molar-refractivity contribution in [2.24, 2.45) is 0 Å². The number of rotatable bonds is 6. The van der Waals surface area contributed by atoms with E-state index in [9.17, 15) is 4.79 Å². The minimum absolute atomic E-state index is 0.0800. The third-order valence-corrected chi connectivity index (χ3v) is 5.93. The van der Waals surface area contributed by atoms with Crippen molar-refractivity contribution in [1.82, 2.24) is 5.32 Å². The Morgan fingerprint density at radius 2 is 1.69 bits per heavy atom. The molecule has 1 aliphatic rings. The van der Waals surface area contributed by atoms with Gasteiger partial charge in [0.2, 0.25) is 0 Å². The molecule has 148 valence electrons. The number of fused-ring (bicyclic) bond motifs is 1. The van der Waals surface area contributed by atoms with Crippen LogP contribution in [0, 0.1) is 0 Å². The molecular weight excluding hydrogens is 382 g/mol. The number of ether oxygens (including phenoxy) is 2. The van der Waals surface area contributed by atoms with Crippen molar-refractivity contribution < 1.29 is 14.3 Å². The molecule has 1 atom stereocenters. The van der Waals surface area contributed by atoms with Crippen LogP contribution in [0.15, 0.2) is 77.7 Å². The van der Waals surface area contributed by atoms with Crippen LogP contribution in [0.2, 0.25) is 0 Å². The summed E-state index contributed by atoms with van der Waals surface area (Å²) in [5.41, 5.74) is 2.91. The summed E-state index contributed by atoms with van der Waals surface area (Å²) in [6.45, 7) is 3.09. The predicted molar refractivity (Wildman–Crippen MR) is 116 cm³/mol. The predicted octanol–water partition coefficient (Wildman–Crippen LogP) is 5.24. The highest BCUT2D eigenvalue weighted by atomic mass is 32.2. The van der Waals surface area contributed by atoms with E-state index in [0.29, 0.717) is 18.8 Å². The van der Waals surface area contributed by atoms with Crippen molar-refractivity contribution in [3.63, 3.8) is 0 Å². The standard InChI is InChI=1S/C24H23NO3S/c1-17(19-11-12-21-22(15-19)28-14-13-27-21)25-24(26)20-9-5-6-10-23(20)29-16-18-7-3-2-4-8-18/h2-12,15,17H,13-14,16H2,1H3,(H,25,26). The summed E-state index contributed by atoms with van der Waals surface area (Å²) in [6, 6.07) is 23.7. The van der Waals surface area contributed by atoms with Gasteiger partial charge in [-0.15, -0.1) is 11.8 Å². The minimum Gasteiger partial charge on any atom is -0.486 e. The van der Waals surface area contributed by atoms with Gasteiger partial charge in [-0.2, -0.15) is 0 Å². The number of carbonyl (C=O) groups is 1. The summed E-state index contributed by atoms with van der Waals surface area (Å²) in [6.07, 6.45) is 0. The quantitative estimate of drug-likeness (QED) is 0.570. The fourth-order valence-electron chi connectivity index (χ4n) is 3.20. The van der Waals surface area contributed by atoms with E-state index >= 15 is 0 Å². The Balaban J connectivity index is 1.45. The first kappa shape index (κ1) is 19.4. The summed E-state index contributed by atoms with van der Waals surface area (Å²) in [7, 11) is 0. The van der Waals surface area contributed by atoms with E-state index < -0.39 is 0 Å². The second kappa shape index (κ2) is 9.05. The highest BCUT2D eigenvalue weighted by Crippen LogP contribution is 2.33. The zero-order valence-electron chi connectivity index (χ0n) is 16.3. The Labute approximate surface area is 175 Å². The molecule has 0 bridgehead atoms. The van der Waals surface area contributed by atoms with Crippen LogP contribution in [0.25, 0.3) is 0 Å². The van der Waals surface area contributed by atoms with Gasteiger partial charge in [0.1, 0.15) is 13.2 Å². The molecule has 0 radical (unpaired) electrons. The lowest BCUT2D eigenvalue weighted by atomic mass is 10.1. The third-order valence-electron chi connectivity index (χ3n) is 4.78. The van der Waals surface area contributed by atoms with Crippen LogP contribution >= 0.6 is 11.8 Å². The van der Waals surface area contributed by atoms with Crippen LogP contribution in [0.5, 0.6) is 11.5 Å². The van der Waals surface area contributed by atoms with Gasteiger partial charge < -0.3 is 14.8 Å². The summed E-state index contributed by atoms with van der Waals surface area (Å²) in [4.78, 5) is 13.9. The van der Waals surface area contributed by atoms with Gasteiger partial charge in [0.15, 0.2) is 11.5 Å². The van der Waals surface area contributed by atoms with Crippen LogP contribution in [-0.4, -0.2) is 19.1 Å². The Kier molecular flexibility index (Phi) is 6.06. The van der Waals surface area contributed by atoms with Gasteiger partial charge in [0, 0.05) is 10.6 Å². The average Bonchev–Trinajstić information content (AvgIpc) is 2.78. The normalized spacial score (nSPS) is 13.6. The zero-order valence-corrected chi connectivity index (χ0v) is 17.1. The second-order valence-electron chi connectivity index (χ2n) is 6.87. The summed E-state index contributed by atoms with van der Waals surface area (Å²) >= 11 is 1.67. The van der Waals surface area contributed by atoms with Gasteiger partial charge in [-0.25, -0.2) is 0 Å². The average molecular weight is 406 g/mol. The lowest BCUT2D eigenvalue weighted by molar-refractivity contribution is 0.0936. The molecule has 1 unspecified atom stereocenters. The Bertz CT molecular complexity index is 990. The Morgan fingerprint density at radius 3 is 2.52 bits per heavy atom. The number of nitrogens with one attached hydrogen (secondary N) is 1. The maximum atomic E-state index is 13.0. The highest BCUT2D eigenvalue weighted by molar-refractivity contribution is 7.98. The van der Waals surface area contributed by atoms with Gasteiger partial charge in [-0.3, -0.25) is 4.79 Å². The Hall–Kier alpha value is -2.92. The molecule has 0 aromatic heterocycles. The molecule has 1 amide bonds. The number of hydrogen-bond donors (Lipinski definition) is 1. The Morgan fingerprint density at radius 1 is 0.966 bits per heavy atom. The van der Waals surface area contributed by atoms with E-state index in [-0.39, 0.29) is 11.9 Å². The van der Waals surface area contributed by atoms with Crippen LogP contribution in [0.1, 0.15) is 34.5 Å². The molecule has 0 spiro atoms. The van der Waals surface area contributed by atoms with Crippen molar-refractivity contribution in [1.29, 1.82) is 0 Å². The molecular formula is C24H23NO3S. The van der Waals surface area contributed by atoms with Crippen LogP contribution in [0.3, 0.4) is 0 Å². The van der Waals surface area contributed by atoms with Crippen molar-refractivity contribution in [2.45, 2.75) is 23.6 Å². The number of benzene rings is 3. The molecule has 0 saturated heterocycles. The second-order valence-corrected chi connectivity index (χ2v) is 7.89. The fourth-order valence-corrected chi connectivity index (χ4v) is 4.21. The summed E-state index contributed by atoms with van der Waals surface area (Å²) in [5.74, 6) is 2.22. The van der Waals surface area contributed by atoms with Crippen LogP contribution < -0.4 is 14.8 Å². The number of amides is 1. The van der Waals surface area contributed by atoms with Gasteiger partial charge in [-0.1, -0.05) is 48.5 Å². The monoisotopic (exact) mass is 405 g/mol. The molecule has 1 aliphatic heterocycles. The van der Waals surface area contributed by atoms with Gasteiger partial charge >= 0.3 is 0 Å². The highest BCUT2D eigenvalue weighted by Gasteiger charge is 2.18. The lowest BCUT2D eigenvalue weighted by Gasteiger charge is -2.21. The van der Waals surface area contributed by atoms with E-state index in [4.69, 9.17) is 9.47 Å². The van der Waals surface area contributed by atoms with E-state index in [0.717, 1.165) is 27.7 Å². The first-order chi connectivity index (χ1) is 14.2. The van der Waals surface area contributed by atoms with Crippen molar-refractivity contribution in [3.05, 3.63) is 89.5 Å². The molecule has 3 aromatic rings.